The predicted molar refractivity (Wildman–Crippen MR) is 67.9 cm³/mol. The molecule has 17 heavy (non-hydrogen) atoms. The Hall–Kier alpha value is -1.23. The van der Waals surface area contributed by atoms with E-state index in [-0.39, 0.29) is 0 Å². The average Bonchev–Trinajstić information content (AvgIpc) is 3.00. The third-order valence-corrected chi connectivity index (χ3v) is 3.18. The molecule has 1 N–H and O–H groups in total. The van der Waals surface area contributed by atoms with Crippen LogP contribution in [0.25, 0.3) is 0 Å². The van der Waals surface area contributed by atoms with Crippen LogP contribution in [0.3, 0.4) is 0 Å². The molecule has 2 rings (SSSR count). The van der Waals surface area contributed by atoms with E-state index >= 15 is 0 Å². The first-order valence-electron chi connectivity index (χ1n) is 5.75. The summed E-state index contributed by atoms with van der Waals surface area (Å²) in [5.41, 5.74) is 1.66. The Morgan fingerprint density at radius 1 is 1.41 bits per heavy atom. The molecule has 0 saturated heterocycles. The summed E-state index contributed by atoms with van der Waals surface area (Å²) in [5.74, 6) is 0.795. The molecule has 0 aromatic heterocycles. The molecule has 0 aliphatic heterocycles. The van der Waals surface area contributed by atoms with Crippen LogP contribution in [0.4, 0.5) is 5.69 Å². The SMILES string of the molecule is CCc1ccc(NS(C)(=O)=O)cc1OC1CC1. The first-order chi connectivity index (χ1) is 7.98. The van der Waals surface area contributed by atoms with Crippen LogP contribution >= 0.6 is 0 Å². The number of hydrogen-bond acceptors (Lipinski definition) is 3. The minimum absolute atomic E-state index is 0.314. The fourth-order valence-corrected chi connectivity index (χ4v) is 2.15. The van der Waals surface area contributed by atoms with Gasteiger partial charge in [0, 0.05) is 6.07 Å². The van der Waals surface area contributed by atoms with Crippen LogP contribution in [0, 0.1) is 0 Å². The third kappa shape index (κ3) is 3.63. The van der Waals surface area contributed by atoms with E-state index in [1.54, 1.807) is 12.1 Å². The van der Waals surface area contributed by atoms with Gasteiger partial charge in [-0.15, -0.1) is 0 Å². The van der Waals surface area contributed by atoms with Crippen LogP contribution in [0.5, 0.6) is 5.75 Å². The molecule has 0 unspecified atom stereocenters. The zero-order valence-corrected chi connectivity index (χ0v) is 10.9. The minimum atomic E-state index is -3.23. The summed E-state index contributed by atoms with van der Waals surface area (Å²) < 4.78 is 30.5. The van der Waals surface area contributed by atoms with Crippen molar-refractivity contribution in [2.75, 3.05) is 11.0 Å². The molecule has 0 radical (unpaired) electrons. The van der Waals surface area contributed by atoms with Crippen molar-refractivity contribution in [3.63, 3.8) is 0 Å². The summed E-state index contributed by atoms with van der Waals surface area (Å²) in [6.07, 6.45) is 4.51. The number of hydrogen-bond donors (Lipinski definition) is 1. The monoisotopic (exact) mass is 255 g/mol. The highest BCUT2D eigenvalue weighted by Crippen LogP contribution is 2.31. The van der Waals surface area contributed by atoms with Crippen LogP contribution < -0.4 is 9.46 Å². The Kier molecular flexibility index (Phi) is 3.28. The Bertz CT molecular complexity index is 506. The molecule has 1 aromatic carbocycles. The Morgan fingerprint density at radius 3 is 2.65 bits per heavy atom. The first kappa shape index (κ1) is 12.2. The van der Waals surface area contributed by atoms with Crippen molar-refractivity contribution in [1.29, 1.82) is 0 Å². The second-order valence-electron chi connectivity index (χ2n) is 4.37. The maximum Gasteiger partial charge on any atom is 0.229 e. The van der Waals surface area contributed by atoms with Crippen molar-refractivity contribution in [1.82, 2.24) is 0 Å². The molecule has 1 aromatic rings. The van der Waals surface area contributed by atoms with Gasteiger partial charge in [-0.05, 0) is 30.9 Å². The van der Waals surface area contributed by atoms with E-state index in [2.05, 4.69) is 11.6 Å². The van der Waals surface area contributed by atoms with Crippen molar-refractivity contribution >= 4 is 15.7 Å². The number of nitrogens with one attached hydrogen (secondary N) is 1. The fraction of sp³-hybridized carbons (Fsp3) is 0.500. The molecule has 0 spiro atoms. The molecule has 94 valence electrons. The molecule has 4 nitrogen and oxygen atoms in total. The van der Waals surface area contributed by atoms with Gasteiger partial charge < -0.3 is 4.74 Å². The number of ether oxygens (including phenoxy) is 1. The normalized spacial score (nSPS) is 15.6. The van der Waals surface area contributed by atoms with E-state index in [4.69, 9.17) is 4.74 Å². The topological polar surface area (TPSA) is 55.4 Å². The molecular weight excluding hydrogens is 238 g/mol. The summed E-state index contributed by atoms with van der Waals surface area (Å²) in [5, 5.41) is 0. The van der Waals surface area contributed by atoms with Crippen molar-refractivity contribution in [3.05, 3.63) is 23.8 Å². The first-order valence-corrected chi connectivity index (χ1v) is 7.64. The molecule has 0 amide bonds. The molecular formula is C12H17NO3S. The van der Waals surface area contributed by atoms with Crippen LogP contribution in [0.2, 0.25) is 0 Å². The maximum atomic E-state index is 11.1. The minimum Gasteiger partial charge on any atom is -0.490 e. The summed E-state index contributed by atoms with van der Waals surface area (Å²) in [7, 11) is -3.23. The molecule has 5 heteroatoms. The molecule has 0 atom stereocenters. The zero-order valence-electron chi connectivity index (χ0n) is 10.1. The average molecular weight is 255 g/mol. The summed E-state index contributed by atoms with van der Waals surface area (Å²) in [6, 6.07) is 5.43. The third-order valence-electron chi connectivity index (χ3n) is 2.57. The van der Waals surface area contributed by atoms with E-state index in [9.17, 15) is 8.42 Å². The van der Waals surface area contributed by atoms with Gasteiger partial charge in [-0.3, -0.25) is 4.72 Å². The number of benzene rings is 1. The smallest absolute Gasteiger partial charge is 0.229 e. The van der Waals surface area contributed by atoms with Gasteiger partial charge in [0.1, 0.15) is 5.75 Å². The van der Waals surface area contributed by atoms with Crippen molar-refractivity contribution in [2.45, 2.75) is 32.3 Å². The highest BCUT2D eigenvalue weighted by Gasteiger charge is 2.24. The number of sulfonamides is 1. The number of anilines is 1. The van der Waals surface area contributed by atoms with E-state index < -0.39 is 10.0 Å². The van der Waals surface area contributed by atoms with E-state index in [0.717, 1.165) is 36.8 Å². The highest BCUT2D eigenvalue weighted by molar-refractivity contribution is 7.92. The second kappa shape index (κ2) is 4.56. The summed E-state index contributed by atoms with van der Waals surface area (Å²) >= 11 is 0. The molecule has 1 fully saturated rings. The quantitative estimate of drug-likeness (QED) is 0.877. The fourth-order valence-electron chi connectivity index (χ4n) is 1.60. The lowest BCUT2D eigenvalue weighted by atomic mass is 10.1. The van der Waals surface area contributed by atoms with Gasteiger partial charge in [0.2, 0.25) is 10.0 Å². The van der Waals surface area contributed by atoms with Crippen LogP contribution in [0.1, 0.15) is 25.3 Å². The maximum absolute atomic E-state index is 11.1. The van der Waals surface area contributed by atoms with E-state index in [1.807, 2.05) is 6.07 Å². The summed E-state index contributed by atoms with van der Waals surface area (Å²) in [4.78, 5) is 0. The van der Waals surface area contributed by atoms with Gasteiger partial charge in [0.25, 0.3) is 0 Å². The number of rotatable bonds is 5. The molecule has 1 saturated carbocycles. The highest BCUT2D eigenvalue weighted by atomic mass is 32.2. The Balaban J connectivity index is 2.23. The van der Waals surface area contributed by atoms with Gasteiger partial charge in [-0.25, -0.2) is 8.42 Å². The van der Waals surface area contributed by atoms with Crippen LogP contribution in [-0.4, -0.2) is 20.8 Å². The van der Waals surface area contributed by atoms with Gasteiger partial charge in [0.15, 0.2) is 0 Å². The molecule has 1 aliphatic carbocycles. The van der Waals surface area contributed by atoms with Gasteiger partial charge >= 0.3 is 0 Å². The van der Waals surface area contributed by atoms with Crippen LogP contribution in [-0.2, 0) is 16.4 Å². The Morgan fingerprint density at radius 2 is 2.12 bits per heavy atom. The molecule has 1 aliphatic rings. The lowest BCUT2D eigenvalue weighted by molar-refractivity contribution is 0.300. The number of aryl methyl sites for hydroxylation is 1. The van der Waals surface area contributed by atoms with Crippen molar-refractivity contribution in [3.8, 4) is 5.75 Å². The summed E-state index contributed by atoms with van der Waals surface area (Å²) in [6.45, 7) is 2.05. The predicted octanol–water partition coefficient (Wildman–Crippen LogP) is 2.16. The lowest BCUT2D eigenvalue weighted by Gasteiger charge is -2.12. The zero-order chi connectivity index (χ0) is 12.5. The van der Waals surface area contributed by atoms with Crippen molar-refractivity contribution in [2.24, 2.45) is 0 Å². The molecule has 0 heterocycles. The lowest BCUT2D eigenvalue weighted by Crippen LogP contribution is -2.10. The standard InChI is InChI=1S/C12H17NO3S/c1-3-9-4-5-10(13-17(2,14)15)8-12(9)16-11-6-7-11/h4-5,8,11,13H,3,6-7H2,1-2H3. The van der Waals surface area contributed by atoms with Gasteiger partial charge in [0.05, 0.1) is 18.0 Å². The van der Waals surface area contributed by atoms with Crippen molar-refractivity contribution < 1.29 is 13.2 Å². The van der Waals surface area contributed by atoms with E-state index in [0.29, 0.717) is 11.8 Å². The Labute approximate surface area is 102 Å². The van der Waals surface area contributed by atoms with E-state index in [1.165, 1.54) is 0 Å². The van der Waals surface area contributed by atoms with Crippen LogP contribution in [0.15, 0.2) is 18.2 Å². The largest absolute Gasteiger partial charge is 0.490 e. The van der Waals surface area contributed by atoms with Gasteiger partial charge in [-0.1, -0.05) is 13.0 Å². The second-order valence-corrected chi connectivity index (χ2v) is 6.12. The van der Waals surface area contributed by atoms with Gasteiger partial charge in [-0.2, -0.15) is 0 Å². The molecule has 0 bridgehead atoms.